The van der Waals surface area contributed by atoms with Gasteiger partial charge in [-0.3, -0.25) is 4.79 Å². The minimum atomic E-state index is -1.49. The van der Waals surface area contributed by atoms with E-state index < -0.39 is 24.3 Å². The maximum atomic E-state index is 13.2. The van der Waals surface area contributed by atoms with Gasteiger partial charge in [0.1, 0.15) is 5.82 Å². The molecule has 10 heteroatoms. The molecule has 2 N–H and O–H groups in total. The molecule has 1 amide bonds. The monoisotopic (exact) mass is 409 g/mol. The van der Waals surface area contributed by atoms with E-state index in [1.54, 1.807) is 6.07 Å². The van der Waals surface area contributed by atoms with Crippen LogP contribution in [0, 0.1) is 5.82 Å². The van der Waals surface area contributed by atoms with Crippen LogP contribution in [0.2, 0.25) is 0 Å². The van der Waals surface area contributed by atoms with E-state index in [1.165, 1.54) is 30.3 Å². The number of carboxylic acid groups (broad SMARTS) is 1. The van der Waals surface area contributed by atoms with E-state index in [0.29, 0.717) is 5.56 Å². The number of carboxylic acids is 1. The van der Waals surface area contributed by atoms with Crippen LogP contribution in [0.25, 0.3) is 11.5 Å². The Labute approximate surface area is 201 Å². The number of hydrogen-bond donors (Lipinski definition) is 2. The standard InChI is InChI=1S/C18H14FN3O5.K/c19-13-3-1-2-11(6-13)17-21-15(22-27-17)8-20-16(24)10-4-5-12(9-23)14(7-10)18(25)26;/h1-7,23H,8-9H2,(H,20,24)(H,25,26);/q;+1/p-1. The van der Waals surface area contributed by atoms with Gasteiger partial charge in [-0.05, 0) is 35.9 Å². The predicted molar refractivity (Wildman–Crippen MR) is 87.6 cm³/mol. The number of hydrogen-bond acceptors (Lipinski definition) is 7. The van der Waals surface area contributed by atoms with Crippen LogP contribution in [0.5, 0.6) is 0 Å². The van der Waals surface area contributed by atoms with Crippen LogP contribution >= 0.6 is 0 Å². The van der Waals surface area contributed by atoms with Gasteiger partial charge < -0.3 is 24.8 Å². The van der Waals surface area contributed by atoms with Gasteiger partial charge in [-0.15, -0.1) is 0 Å². The minimum Gasteiger partial charge on any atom is -0.545 e. The van der Waals surface area contributed by atoms with Gasteiger partial charge in [-0.2, -0.15) is 4.98 Å². The Morgan fingerprint density at radius 1 is 1.21 bits per heavy atom. The summed E-state index contributed by atoms with van der Waals surface area (Å²) in [7, 11) is 0. The van der Waals surface area contributed by atoms with Crippen LogP contribution in [0.4, 0.5) is 4.39 Å². The number of rotatable bonds is 6. The number of benzene rings is 2. The molecule has 1 aromatic heterocycles. The third-order valence-corrected chi connectivity index (χ3v) is 3.71. The van der Waals surface area contributed by atoms with Crippen molar-refractivity contribution in [3.63, 3.8) is 0 Å². The SMILES string of the molecule is O=C(NCc1noc(-c2cccc(F)c2)n1)c1ccc(CO)c(C(=O)[O-])c1.[K+]. The molecule has 1 heterocycles. The zero-order chi connectivity index (χ0) is 19.4. The third kappa shape index (κ3) is 5.31. The molecular weight excluding hydrogens is 396 g/mol. The Kier molecular flexibility index (Phi) is 7.98. The smallest absolute Gasteiger partial charge is 0.545 e. The number of aliphatic hydroxyl groups excluding tert-OH is 1. The molecular formula is C18H13FKN3O5. The molecule has 0 aliphatic rings. The number of halogens is 1. The second-order valence-electron chi connectivity index (χ2n) is 5.53. The average molecular weight is 409 g/mol. The van der Waals surface area contributed by atoms with Crippen molar-refractivity contribution in [2.24, 2.45) is 0 Å². The maximum Gasteiger partial charge on any atom is 1.00 e. The number of nitrogens with zero attached hydrogens (tertiary/aromatic N) is 2. The van der Waals surface area contributed by atoms with Crippen LogP contribution in [0.15, 0.2) is 47.0 Å². The number of nitrogens with one attached hydrogen (secondary N) is 1. The third-order valence-electron chi connectivity index (χ3n) is 3.71. The van der Waals surface area contributed by atoms with Crippen molar-refractivity contribution in [3.8, 4) is 11.5 Å². The van der Waals surface area contributed by atoms with E-state index in [-0.39, 0.29) is 86.3 Å². The quantitative estimate of drug-likeness (QED) is 0.437. The van der Waals surface area contributed by atoms with Crippen LogP contribution in [0.3, 0.4) is 0 Å². The zero-order valence-corrected chi connectivity index (χ0v) is 17.9. The molecule has 138 valence electrons. The Morgan fingerprint density at radius 2 is 2.00 bits per heavy atom. The number of aromatic carboxylic acids is 1. The van der Waals surface area contributed by atoms with Gasteiger partial charge in [0.05, 0.1) is 19.1 Å². The van der Waals surface area contributed by atoms with E-state index in [0.717, 1.165) is 6.07 Å². The molecule has 0 saturated carbocycles. The number of amides is 1. The molecule has 0 fully saturated rings. The van der Waals surface area contributed by atoms with E-state index in [1.807, 2.05) is 0 Å². The summed E-state index contributed by atoms with van der Waals surface area (Å²) in [6.07, 6.45) is 0. The second kappa shape index (κ2) is 10.0. The van der Waals surface area contributed by atoms with Gasteiger partial charge in [0.25, 0.3) is 11.8 Å². The molecule has 0 atom stereocenters. The molecule has 0 radical (unpaired) electrons. The van der Waals surface area contributed by atoms with E-state index >= 15 is 0 Å². The summed E-state index contributed by atoms with van der Waals surface area (Å²) in [5.74, 6) is -2.25. The molecule has 0 spiro atoms. The molecule has 0 aliphatic carbocycles. The van der Waals surface area contributed by atoms with Gasteiger partial charge >= 0.3 is 51.4 Å². The summed E-state index contributed by atoms with van der Waals surface area (Å²) in [6, 6.07) is 9.44. The van der Waals surface area contributed by atoms with Gasteiger partial charge in [0, 0.05) is 16.7 Å². The van der Waals surface area contributed by atoms with Gasteiger partial charge in [0.2, 0.25) is 0 Å². The van der Waals surface area contributed by atoms with E-state index in [4.69, 9.17) is 9.63 Å². The van der Waals surface area contributed by atoms with Crippen LogP contribution in [-0.4, -0.2) is 27.1 Å². The Hall–Kier alpha value is -1.95. The molecule has 0 aliphatic heterocycles. The Balaban J connectivity index is 0.00000280. The molecule has 28 heavy (non-hydrogen) atoms. The van der Waals surface area contributed by atoms with Gasteiger partial charge in [-0.1, -0.05) is 17.3 Å². The molecule has 0 bridgehead atoms. The number of carbonyl (C=O) groups is 2. The Bertz CT molecular complexity index is 1010. The summed E-state index contributed by atoms with van der Waals surface area (Å²) in [5.41, 5.74) is 0.348. The van der Waals surface area contributed by atoms with Crippen molar-refractivity contribution in [2.45, 2.75) is 13.2 Å². The second-order valence-corrected chi connectivity index (χ2v) is 5.53. The Morgan fingerprint density at radius 3 is 2.68 bits per heavy atom. The first-order chi connectivity index (χ1) is 13.0. The normalized spacial score (nSPS) is 10.2. The zero-order valence-electron chi connectivity index (χ0n) is 14.8. The number of aliphatic hydroxyl groups is 1. The molecule has 0 saturated heterocycles. The van der Waals surface area contributed by atoms with Gasteiger partial charge in [-0.25, -0.2) is 4.39 Å². The summed E-state index contributed by atoms with van der Waals surface area (Å²) in [6.45, 7) is -0.572. The first-order valence-electron chi connectivity index (χ1n) is 7.80. The first-order valence-corrected chi connectivity index (χ1v) is 7.80. The fraction of sp³-hybridized carbons (Fsp3) is 0.111. The molecule has 3 rings (SSSR count). The molecule has 8 nitrogen and oxygen atoms in total. The van der Waals surface area contributed by atoms with E-state index in [9.17, 15) is 19.1 Å². The summed E-state index contributed by atoms with van der Waals surface area (Å²) >= 11 is 0. The number of carbonyl (C=O) groups excluding carboxylic acids is 2. The van der Waals surface area contributed by atoms with Crippen molar-refractivity contribution in [1.29, 1.82) is 0 Å². The van der Waals surface area contributed by atoms with Crippen molar-refractivity contribution in [2.75, 3.05) is 0 Å². The number of aromatic nitrogens is 2. The average Bonchev–Trinajstić information content (AvgIpc) is 3.14. The van der Waals surface area contributed by atoms with Crippen molar-refractivity contribution in [3.05, 3.63) is 70.8 Å². The summed E-state index contributed by atoms with van der Waals surface area (Å²) in [4.78, 5) is 27.3. The van der Waals surface area contributed by atoms with Crippen molar-refractivity contribution < 1.29 is 80.1 Å². The fourth-order valence-corrected chi connectivity index (χ4v) is 2.37. The molecule has 0 unspecified atom stereocenters. The minimum absolute atomic E-state index is 0. The van der Waals surface area contributed by atoms with Crippen molar-refractivity contribution >= 4 is 11.9 Å². The van der Waals surface area contributed by atoms with Gasteiger partial charge in [0.15, 0.2) is 5.82 Å². The van der Waals surface area contributed by atoms with Crippen LogP contribution in [0.1, 0.15) is 32.1 Å². The largest absolute Gasteiger partial charge is 1.00 e. The van der Waals surface area contributed by atoms with Crippen LogP contribution < -0.4 is 61.8 Å². The van der Waals surface area contributed by atoms with E-state index in [2.05, 4.69) is 15.5 Å². The first kappa shape index (κ1) is 22.3. The maximum absolute atomic E-state index is 13.2. The van der Waals surface area contributed by atoms with Crippen LogP contribution in [-0.2, 0) is 13.2 Å². The van der Waals surface area contributed by atoms with Crippen molar-refractivity contribution in [1.82, 2.24) is 15.5 Å². The molecule has 2 aromatic carbocycles. The topological polar surface area (TPSA) is 128 Å². The predicted octanol–water partition coefficient (Wildman–Crippen LogP) is -2.33. The summed E-state index contributed by atoms with van der Waals surface area (Å²) in [5, 5.41) is 26.4. The molecule has 3 aromatic rings. The summed E-state index contributed by atoms with van der Waals surface area (Å²) < 4.78 is 18.3. The fourth-order valence-electron chi connectivity index (χ4n) is 2.37.